The zero-order valence-electron chi connectivity index (χ0n) is 15.0. The molecule has 8 nitrogen and oxygen atoms in total. The number of H-pyrrole nitrogens is 1. The van der Waals surface area contributed by atoms with Gasteiger partial charge in [-0.2, -0.15) is 10.3 Å². The van der Waals surface area contributed by atoms with Crippen LogP contribution < -0.4 is 4.74 Å². The van der Waals surface area contributed by atoms with E-state index in [1.54, 1.807) is 38.1 Å². The van der Waals surface area contributed by atoms with Gasteiger partial charge in [-0.15, -0.1) is 5.10 Å². The molecule has 1 aromatic carbocycles. The van der Waals surface area contributed by atoms with Crippen LogP contribution in [0.3, 0.4) is 0 Å². The van der Waals surface area contributed by atoms with Crippen molar-refractivity contribution in [3.8, 4) is 17.0 Å². The van der Waals surface area contributed by atoms with Gasteiger partial charge in [-0.3, -0.25) is 4.79 Å². The maximum Gasteiger partial charge on any atom is 0.361 e. The number of hydrogen-bond donors (Lipinski definition) is 1. The highest BCUT2D eigenvalue weighted by Gasteiger charge is 2.18. The molecule has 0 saturated heterocycles. The van der Waals surface area contributed by atoms with E-state index >= 15 is 0 Å². The first-order valence-electron chi connectivity index (χ1n) is 8.62. The van der Waals surface area contributed by atoms with Crippen molar-refractivity contribution in [3.05, 3.63) is 30.0 Å². The zero-order valence-corrected chi connectivity index (χ0v) is 15.0. The maximum absolute atomic E-state index is 11.9. The Balaban J connectivity index is 1.84. The molecule has 0 amide bonds. The summed E-state index contributed by atoms with van der Waals surface area (Å²) in [6.07, 6.45) is 1.88. The molecule has 2 aromatic rings. The van der Waals surface area contributed by atoms with E-state index in [0.29, 0.717) is 31.1 Å². The van der Waals surface area contributed by atoms with Crippen LogP contribution >= 0.6 is 0 Å². The highest BCUT2D eigenvalue weighted by Crippen LogP contribution is 2.23. The normalized spacial score (nSPS) is 10.4. The van der Waals surface area contributed by atoms with E-state index in [2.05, 4.69) is 15.4 Å². The molecule has 2 rings (SSSR count). The van der Waals surface area contributed by atoms with Crippen molar-refractivity contribution in [1.82, 2.24) is 15.4 Å². The summed E-state index contributed by atoms with van der Waals surface area (Å²) in [4.78, 5) is 23.1. The van der Waals surface area contributed by atoms with E-state index < -0.39 is 5.97 Å². The number of esters is 2. The van der Waals surface area contributed by atoms with Crippen molar-refractivity contribution in [2.75, 3.05) is 19.8 Å². The first-order valence-corrected chi connectivity index (χ1v) is 8.62. The first-order chi connectivity index (χ1) is 12.7. The minimum absolute atomic E-state index is 0.152. The molecule has 1 heterocycles. The molecule has 0 aliphatic carbocycles. The summed E-state index contributed by atoms with van der Waals surface area (Å²) in [5.41, 5.74) is 1.32. The third kappa shape index (κ3) is 5.58. The molecule has 1 N–H and O–H groups in total. The van der Waals surface area contributed by atoms with Crippen LogP contribution in [0.1, 0.15) is 43.6 Å². The van der Waals surface area contributed by atoms with Crippen LogP contribution in [0.25, 0.3) is 11.3 Å². The molecule has 0 unspecified atom stereocenters. The number of hydrogen-bond acceptors (Lipinski definition) is 7. The van der Waals surface area contributed by atoms with E-state index in [0.717, 1.165) is 18.4 Å². The number of carbonyl (C=O) groups excluding carboxylic acids is 2. The predicted octanol–water partition coefficient (Wildman–Crippen LogP) is 2.76. The number of rotatable bonds is 10. The van der Waals surface area contributed by atoms with Gasteiger partial charge >= 0.3 is 11.9 Å². The van der Waals surface area contributed by atoms with Gasteiger partial charge in [-0.1, -0.05) is 0 Å². The Morgan fingerprint density at radius 2 is 1.73 bits per heavy atom. The van der Waals surface area contributed by atoms with Crippen LogP contribution in [0.15, 0.2) is 24.3 Å². The monoisotopic (exact) mass is 361 g/mol. The quantitative estimate of drug-likeness (QED) is 0.512. The summed E-state index contributed by atoms with van der Waals surface area (Å²) in [6, 6.07) is 7.19. The summed E-state index contributed by atoms with van der Waals surface area (Å²) < 4.78 is 15.5. The smallest absolute Gasteiger partial charge is 0.361 e. The van der Waals surface area contributed by atoms with E-state index in [4.69, 9.17) is 14.2 Å². The summed E-state index contributed by atoms with van der Waals surface area (Å²) in [5, 5.41) is 10.3. The third-order valence-electron chi connectivity index (χ3n) is 3.49. The number of nitrogens with one attached hydrogen (secondary N) is 1. The topological polar surface area (TPSA) is 103 Å². The molecule has 0 spiro atoms. The van der Waals surface area contributed by atoms with Crippen LogP contribution in [0, 0.1) is 0 Å². The molecule has 0 bridgehead atoms. The van der Waals surface area contributed by atoms with Crippen molar-refractivity contribution in [1.29, 1.82) is 0 Å². The molecule has 8 heteroatoms. The largest absolute Gasteiger partial charge is 0.494 e. The van der Waals surface area contributed by atoms with Gasteiger partial charge in [0.15, 0.2) is 5.69 Å². The average Bonchev–Trinajstić information content (AvgIpc) is 3.12. The van der Waals surface area contributed by atoms with Crippen LogP contribution in [0.2, 0.25) is 0 Å². The van der Waals surface area contributed by atoms with Crippen molar-refractivity contribution in [3.63, 3.8) is 0 Å². The second kappa shape index (κ2) is 10.2. The van der Waals surface area contributed by atoms with Gasteiger partial charge in [0.25, 0.3) is 0 Å². The molecular formula is C18H23N3O5. The summed E-state index contributed by atoms with van der Waals surface area (Å²) in [6.45, 7) is 4.71. The van der Waals surface area contributed by atoms with Gasteiger partial charge in [-0.25, -0.2) is 4.79 Å². The second-order valence-corrected chi connectivity index (χ2v) is 5.38. The molecule has 26 heavy (non-hydrogen) atoms. The standard InChI is InChI=1S/C18H23N3O5/c1-3-24-15(22)7-5-6-12-26-14-10-8-13(9-11-14)16-17(20-21-19-16)18(23)25-4-2/h8-11H,3-7,12H2,1-2H3,(H,19,20,21). The highest BCUT2D eigenvalue weighted by atomic mass is 16.5. The van der Waals surface area contributed by atoms with E-state index in [1.807, 2.05) is 0 Å². The molecule has 0 radical (unpaired) electrons. The van der Waals surface area contributed by atoms with Crippen LogP contribution in [-0.4, -0.2) is 47.2 Å². The fourth-order valence-electron chi connectivity index (χ4n) is 2.28. The first kappa shape index (κ1) is 19.4. The maximum atomic E-state index is 11.9. The minimum Gasteiger partial charge on any atom is -0.494 e. The Hall–Kier alpha value is -2.90. The van der Waals surface area contributed by atoms with Gasteiger partial charge in [-0.05, 0) is 51.0 Å². The van der Waals surface area contributed by atoms with Crippen LogP contribution in [-0.2, 0) is 14.3 Å². The van der Waals surface area contributed by atoms with Gasteiger partial charge in [0.05, 0.1) is 19.8 Å². The van der Waals surface area contributed by atoms with Crippen molar-refractivity contribution < 1.29 is 23.8 Å². The summed E-state index contributed by atoms with van der Waals surface area (Å²) in [7, 11) is 0. The Bertz CT molecular complexity index is 712. The van der Waals surface area contributed by atoms with E-state index in [9.17, 15) is 9.59 Å². The number of ether oxygens (including phenoxy) is 3. The number of aromatic nitrogens is 3. The minimum atomic E-state index is -0.516. The molecule has 0 atom stereocenters. The molecule has 0 aliphatic heterocycles. The third-order valence-corrected chi connectivity index (χ3v) is 3.49. The zero-order chi connectivity index (χ0) is 18.8. The lowest BCUT2D eigenvalue weighted by Gasteiger charge is -2.07. The SMILES string of the molecule is CCOC(=O)CCCCOc1ccc(-c2n[nH]nc2C(=O)OCC)cc1. The fraction of sp³-hybridized carbons (Fsp3) is 0.444. The molecule has 0 aliphatic rings. The van der Waals surface area contributed by atoms with Gasteiger partial charge in [0.1, 0.15) is 11.4 Å². The Labute approximate surface area is 151 Å². The van der Waals surface area contributed by atoms with Gasteiger partial charge in [0, 0.05) is 12.0 Å². The number of benzene rings is 1. The summed E-state index contributed by atoms with van der Waals surface area (Å²) >= 11 is 0. The number of aromatic amines is 1. The number of carbonyl (C=O) groups is 2. The lowest BCUT2D eigenvalue weighted by atomic mass is 10.1. The highest BCUT2D eigenvalue weighted by molar-refractivity contribution is 5.93. The van der Waals surface area contributed by atoms with E-state index in [-0.39, 0.29) is 18.3 Å². The predicted molar refractivity (Wildman–Crippen MR) is 93.8 cm³/mol. The van der Waals surface area contributed by atoms with E-state index in [1.165, 1.54) is 0 Å². The fourth-order valence-corrected chi connectivity index (χ4v) is 2.28. The van der Waals surface area contributed by atoms with Gasteiger partial charge in [0.2, 0.25) is 0 Å². The van der Waals surface area contributed by atoms with Crippen molar-refractivity contribution >= 4 is 11.9 Å². The number of unbranched alkanes of at least 4 members (excludes halogenated alkanes) is 1. The Morgan fingerprint density at radius 1 is 1.00 bits per heavy atom. The molecule has 0 saturated carbocycles. The van der Waals surface area contributed by atoms with Crippen LogP contribution in [0.4, 0.5) is 0 Å². The average molecular weight is 361 g/mol. The van der Waals surface area contributed by atoms with Crippen molar-refractivity contribution in [2.45, 2.75) is 33.1 Å². The lowest BCUT2D eigenvalue weighted by Crippen LogP contribution is -2.06. The molecule has 1 aromatic heterocycles. The Morgan fingerprint density at radius 3 is 2.42 bits per heavy atom. The second-order valence-electron chi connectivity index (χ2n) is 5.38. The molecule has 0 fully saturated rings. The number of nitrogens with zero attached hydrogens (tertiary/aromatic N) is 2. The van der Waals surface area contributed by atoms with Crippen molar-refractivity contribution in [2.24, 2.45) is 0 Å². The molecular weight excluding hydrogens is 338 g/mol. The lowest BCUT2D eigenvalue weighted by molar-refractivity contribution is -0.143. The van der Waals surface area contributed by atoms with Gasteiger partial charge < -0.3 is 14.2 Å². The Kier molecular flexibility index (Phi) is 7.60. The molecule has 140 valence electrons. The summed E-state index contributed by atoms with van der Waals surface area (Å²) in [5.74, 6) is 0.00566. The van der Waals surface area contributed by atoms with Crippen LogP contribution in [0.5, 0.6) is 5.75 Å².